The van der Waals surface area contributed by atoms with Gasteiger partial charge in [0.25, 0.3) is 5.91 Å². The average Bonchev–Trinajstić information content (AvgIpc) is 2.61. The molecule has 120 valence electrons. The average molecular weight is 313 g/mol. The summed E-state index contributed by atoms with van der Waals surface area (Å²) >= 11 is 0. The Morgan fingerprint density at radius 1 is 1.04 bits per heavy atom. The van der Waals surface area contributed by atoms with Crippen LogP contribution in [0.5, 0.6) is 0 Å². The van der Waals surface area contributed by atoms with Crippen molar-refractivity contribution in [2.75, 3.05) is 13.2 Å². The SMILES string of the molecule is O=C(N[C@@H]1CC[C@@H]2OCCO[C@H]2C1)c1ccc2nccnc2c1. The number of hydrogen-bond acceptors (Lipinski definition) is 5. The minimum absolute atomic E-state index is 0.0715. The lowest BCUT2D eigenvalue weighted by atomic mass is 9.89. The first-order valence-electron chi connectivity index (χ1n) is 8.04. The van der Waals surface area contributed by atoms with Crippen molar-refractivity contribution in [2.45, 2.75) is 37.5 Å². The van der Waals surface area contributed by atoms with Gasteiger partial charge in [0.05, 0.1) is 36.5 Å². The highest BCUT2D eigenvalue weighted by Crippen LogP contribution is 2.27. The second kappa shape index (κ2) is 6.22. The first-order valence-corrected chi connectivity index (χ1v) is 8.04. The Morgan fingerprint density at radius 3 is 2.70 bits per heavy atom. The second-order valence-corrected chi connectivity index (χ2v) is 6.06. The molecule has 0 radical (unpaired) electrons. The molecule has 1 amide bonds. The number of fused-ring (bicyclic) bond motifs is 2. The molecule has 4 rings (SSSR count). The molecule has 23 heavy (non-hydrogen) atoms. The minimum Gasteiger partial charge on any atom is -0.373 e. The van der Waals surface area contributed by atoms with E-state index in [1.165, 1.54) is 0 Å². The Morgan fingerprint density at radius 2 is 1.83 bits per heavy atom. The van der Waals surface area contributed by atoms with Gasteiger partial charge in [-0.3, -0.25) is 14.8 Å². The van der Waals surface area contributed by atoms with Crippen LogP contribution in [0.15, 0.2) is 30.6 Å². The summed E-state index contributed by atoms with van der Waals surface area (Å²) < 4.78 is 11.5. The molecule has 1 saturated heterocycles. The lowest BCUT2D eigenvalue weighted by Gasteiger charge is -2.39. The minimum atomic E-state index is -0.0715. The van der Waals surface area contributed by atoms with Crippen LogP contribution in [-0.2, 0) is 9.47 Å². The second-order valence-electron chi connectivity index (χ2n) is 6.06. The van der Waals surface area contributed by atoms with Crippen molar-refractivity contribution < 1.29 is 14.3 Å². The first-order chi connectivity index (χ1) is 11.3. The molecule has 1 aromatic carbocycles. The molecule has 0 spiro atoms. The molecule has 1 N–H and O–H groups in total. The molecule has 2 aromatic rings. The van der Waals surface area contributed by atoms with E-state index in [0.29, 0.717) is 18.8 Å². The number of amides is 1. The summed E-state index contributed by atoms with van der Waals surface area (Å²) in [5.74, 6) is -0.0715. The van der Waals surface area contributed by atoms with Gasteiger partial charge in [0.2, 0.25) is 0 Å². The predicted molar refractivity (Wildman–Crippen MR) is 84.1 cm³/mol. The van der Waals surface area contributed by atoms with Gasteiger partial charge >= 0.3 is 0 Å². The Kier molecular flexibility index (Phi) is 3.93. The van der Waals surface area contributed by atoms with E-state index in [9.17, 15) is 4.79 Å². The molecular weight excluding hydrogens is 294 g/mol. The Labute approximate surface area is 134 Å². The first kappa shape index (κ1) is 14.5. The summed E-state index contributed by atoms with van der Waals surface area (Å²) in [6.45, 7) is 1.32. The van der Waals surface area contributed by atoms with Crippen molar-refractivity contribution in [1.82, 2.24) is 15.3 Å². The largest absolute Gasteiger partial charge is 0.373 e. The van der Waals surface area contributed by atoms with E-state index in [-0.39, 0.29) is 24.2 Å². The highest BCUT2D eigenvalue weighted by Gasteiger charge is 2.34. The maximum atomic E-state index is 12.5. The van der Waals surface area contributed by atoms with Crippen molar-refractivity contribution in [3.8, 4) is 0 Å². The van der Waals surface area contributed by atoms with Crippen molar-refractivity contribution in [1.29, 1.82) is 0 Å². The molecular formula is C17H19N3O3. The van der Waals surface area contributed by atoms with Gasteiger partial charge in [0.15, 0.2) is 0 Å². The molecule has 6 nitrogen and oxygen atoms in total. The number of ether oxygens (including phenoxy) is 2. The van der Waals surface area contributed by atoms with Gasteiger partial charge in [0, 0.05) is 24.0 Å². The van der Waals surface area contributed by atoms with Gasteiger partial charge in [-0.25, -0.2) is 0 Å². The van der Waals surface area contributed by atoms with Crippen molar-refractivity contribution in [2.24, 2.45) is 0 Å². The molecule has 0 bridgehead atoms. The van der Waals surface area contributed by atoms with Crippen molar-refractivity contribution in [3.63, 3.8) is 0 Å². The predicted octanol–water partition coefficient (Wildman–Crippen LogP) is 1.70. The standard InChI is InChI=1S/C17H19N3O3/c21-17(11-1-3-13-14(9-11)19-6-5-18-13)20-12-2-4-15-16(10-12)23-8-7-22-15/h1,3,5-6,9,12,15-16H,2,4,7-8,10H2,(H,20,21)/t12-,15+,16+/m1/s1. The van der Waals surface area contributed by atoms with Gasteiger partial charge in [-0.15, -0.1) is 0 Å². The van der Waals surface area contributed by atoms with Crippen molar-refractivity contribution >= 4 is 16.9 Å². The van der Waals surface area contributed by atoms with Gasteiger partial charge in [0.1, 0.15) is 0 Å². The van der Waals surface area contributed by atoms with Gasteiger partial charge in [-0.05, 0) is 37.5 Å². The molecule has 1 aromatic heterocycles. The number of carbonyl (C=O) groups is 1. The Bertz CT molecular complexity index is 721. The maximum absolute atomic E-state index is 12.5. The zero-order valence-electron chi connectivity index (χ0n) is 12.8. The normalized spacial score (nSPS) is 27.4. The van der Waals surface area contributed by atoms with E-state index >= 15 is 0 Å². The summed E-state index contributed by atoms with van der Waals surface area (Å²) in [5, 5.41) is 3.11. The quantitative estimate of drug-likeness (QED) is 0.913. The molecule has 1 aliphatic heterocycles. The van der Waals surface area contributed by atoms with Gasteiger partial charge in [-0.2, -0.15) is 0 Å². The van der Waals surface area contributed by atoms with Crippen LogP contribution in [0.3, 0.4) is 0 Å². The van der Waals surface area contributed by atoms with Crippen molar-refractivity contribution in [3.05, 3.63) is 36.2 Å². The molecule has 3 atom stereocenters. The van der Waals surface area contributed by atoms with E-state index in [1.54, 1.807) is 24.5 Å². The molecule has 0 unspecified atom stereocenters. The number of hydrogen-bond donors (Lipinski definition) is 1. The third-order valence-electron chi connectivity index (χ3n) is 4.55. The maximum Gasteiger partial charge on any atom is 0.251 e. The zero-order chi connectivity index (χ0) is 15.6. The lowest BCUT2D eigenvalue weighted by molar-refractivity contribution is -0.157. The lowest BCUT2D eigenvalue weighted by Crippen LogP contribution is -2.49. The molecule has 1 aliphatic carbocycles. The third-order valence-corrected chi connectivity index (χ3v) is 4.55. The van der Waals surface area contributed by atoms with E-state index in [1.807, 2.05) is 6.07 Å². The summed E-state index contributed by atoms with van der Waals surface area (Å²) in [4.78, 5) is 20.9. The molecule has 6 heteroatoms. The number of carbonyl (C=O) groups excluding carboxylic acids is 1. The summed E-state index contributed by atoms with van der Waals surface area (Å²) in [5.41, 5.74) is 2.13. The molecule has 1 saturated carbocycles. The van der Waals surface area contributed by atoms with Gasteiger partial charge in [-0.1, -0.05) is 0 Å². The van der Waals surface area contributed by atoms with Crippen LogP contribution in [0, 0.1) is 0 Å². The van der Waals surface area contributed by atoms with E-state index in [2.05, 4.69) is 15.3 Å². The Balaban J connectivity index is 1.44. The number of rotatable bonds is 2. The van der Waals surface area contributed by atoms with E-state index in [0.717, 1.165) is 30.3 Å². The molecule has 2 aliphatic rings. The monoisotopic (exact) mass is 313 g/mol. The zero-order valence-corrected chi connectivity index (χ0v) is 12.8. The van der Waals surface area contributed by atoms with Crippen LogP contribution in [0.25, 0.3) is 11.0 Å². The fourth-order valence-electron chi connectivity index (χ4n) is 3.37. The fourth-order valence-corrected chi connectivity index (χ4v) is 3.37. The van der Waals surface area contributed by atoms with Crippen LogP contribution >= 0.6 is 0 Å². The summed E-state index contributed by atoms with van der Waals surface area (Å²) in [7, 11) is 0. The van der Waals surface area contributed by atoms with Gasteiger partial charge < -0.3 is 14.8 Å². The Hall–Kier alpha value is -2.05. The number of nitrogens with one attached hydrogen (secondary N) is 1. The van der Waals surface area contributed by atoms with Crippen LogP contribution in [-0.4, -0.2) is 47.3 Å². The van der Waals surface area contributed by atoms with Crippen LogP contribution < -0.4 is 5.32 Å². The molecule has 2 fully saturated rings. The number of aromatic nitrogens is 2. The smallest absolute Gasteiger partial charge is 0.251 e. The third kappa shape index (κ3) is 3.04. The highest BCUT2D eigenvalue weighted by atomic mass is 16.6. The highest BCUT2D eigenvalue weighted by molar-refractivity contribution is 5.97. The topological polar surface area (TPSA) is 73.3 Å². The van der Waals surface area contributed by atoms with Crippen LogP contribution in [0.1, 0.15) is 29.6 Å². The van der Waals surface area contributed by atoms with E-state index < -0.39 is 0 Å². The summed E-state index contributed by atoms with van der Waals surface area (Å²) in [6, 6.07) is 5.52. The fraction of sp³-hybridized carbons (Fsp3) is 0.471. The van der Waals surface area contributed by atoms with Crippen LogP contribution in [0.4, 0.5) is 0 Å². The molecule has 2 heterocycles. The number of benzene rings is 1. The number of nitrogens with zero attached hydrogens (tertiary/aromatic N) is 2. The van der Waals surface area contributed by atoms with E-state index in [4.69, 9.17) is 9.47 Å². The summed E-state index contributed by atoms with van der Waals surface area (Å²) in [6.07, 6.45) is 6.23. The van der Waals surface area contributed by atoms with Crippen LogP contribution in [0.2, 0.25) is 0 Å².